The molecule has 0 spiro atoms. The Morgan fingerprint density at radius 2 is 2.00 bits per heavy atom. The number of nitrogens with one attached hydrogen (secondary N) is 3. The van der Waals surface area contributed by atoms with Crippen molar-refractivity contribution in [1.82, 2.24) is 9.97 Å². The molecule has 33 heavy (non-hydrogen) atoms. The smallest absolute Gasteiger partial charge is 0.411 e. The van der Waals surface area contributed by atoms with Gasteiger partial charge >= 0.3 is 6.18 Å². The van der Waals surface area contributed by atoms with Gasteiger partial charge in [-0.3, -0.25) is 0 Å². The number of ether oxygens (including phenoxy) is 2. The van der Waals surface area contributed by atoms with Crippen LogP contribution in [0.25, 0.3) is 5.57 Å². The largest absolute Gasteiger partial charge is 0.496 e. The highest BCUT2D eigenvalue weighted by Gasteiger charge is 2.27. The maximum absolute atomic E-state index is 12.4. The minimum atomic E-state index is -4.41. The molecule has 1 aromatic carbocycles. The molecule has 0 unspecified atom stereocenters. The second-order valence-electron chi connectivity index (χ2n) is 7.55. The van der Waals surface area contributed by atoms with Crippen molar-refractivity contribution in [2.75, 3.05) is 24.4 Å². The Hall–Kier alpha value is -3.21. The summed E-state index contributed by atoms with van der Waals surface area (Å²) in [6, 6.07) is 7.02. The molecule has 0 aliphatic rings. The van der Waals surface area contributed by atoms with Gasteiger partial charge in [-0.05, 0) is 38.0 Å². The predicted octanol–water partition coefficient (Wildman–Crippen LogP) is 6.30. The van der Waals surface area contributed by atoms with Gasteiger partial charge in [0.1, 0.15) is 18.2 Å². The summed E-state index contributed by atoms with van der Waals surface area (Å²) in [6.07, 6.45) is -1.30. The lowest BCUT2D eigenvalue weighted by molar-refractivity contribution is -0.176. The monoisotopic (exact) mass is 466 g/mol. The first-order valence-electron chi connectivity index (χ1n) is 10.4. The summed E-state index contributed by atoms with van der Waals surface area (Å²) in [7, 11) is 1.55. The maximum atomic E-state index is 12.4. The molecule has 0 atom stereocenters. The topological polar surface area (TPSA) is 105 Å². The van der Waals surface area contributed by atoms with Crippen molar-refractivity contribution < 1.29 is 22.6 Å². The van der Waals surface area contributed by atoms with Crippen LogP contribution >= 0.6 is 0 Å². The summed E-state index contributed by atoms with van der Waals surface area (Å²) in [6.45, 7) is 4.20. The van der Waals surface area contributed by atoms with Crippen LogP contribution in [0.1, 0.15) is 44.9 Å². The molecule has 2 aromatic rings. The second-order valence-corrected chi connectivity index (χ2v) is 7.55. The Bertz CT molecular complexity index is 964. The number of aromatic nitrogens is 2. The third kappa shape index (κ3) is 8.68. The van der Waals surface area contributed by atoms with Gasteiger partial charge in [0.25, 0.3) is 0 Å². The average Bonchev–Trinajstić information content (AvgIpc) is 2.72. The second kappa shape index (κ2) is 12.1. The number of nitrogens with zero attached hydrogens (tertiary/aromatic N) is 3. The summed E-state index contributed by atoms with van der Waals surface area (Å²) < 4.78 is 47.5. The number of benzene rings is 1. The van der Waals surface area contributed by atoms with Crippen LogP contribution in [-0.4, -0.2) is 35.9 Å². The van der Waals surface area contributed by atoms with Crippen molar-refractivity contribution in [3.05, 3.63) is 41.7 Å². The average molecular weight is 467 g/mol. The number of alkyl halides is 3. The zero-order chi connectivity index (χ0) is 24.4. The Morgan fingerprint density at radius 3 is 2.61 bits per heavy atom. The Balaban J connectivity index is 2.31. The molecule has 180 valence electrons. The van der Waals surface area contributed by atoms with E-state index in [1.54, 1.807) is 25.3 Å². The fourth-order valence-corrected chi connectivity index (χ4v) is 3.05. The molecule has 1 aromatic heterocycles. The lowest BCUT2D eigenvalue weighted by Gasteiger charge is -2.15. The third-order valence-corrected chi connectivity index (χ3v) is 4.27. The summed E-state index contributed by atoms with van der Waals surface area (Å²) in [5, 5.41) is 9.58. The van der Waals surface area contributed by atoms with E-state index in [9.17, 15) is 13.2 Å². The molecule has 0 saturated carbocycles. The number of allylic oxidation sites excluding steroid dienone is 1. The minimum Gasteiger partial charge on any atom is -0.496 e. The molecule has 2 rings (SSSR count). The molecule has 0 radical (unpaired) electrons. The van der Waals surface area contributed by atoms with E-state index in [-0.39, 0.29) is 18.6 Å². The number of hydrogen-bond donors (Lipinski definition) is 3. The predicted molar refractivity (Wildman–Crippen MR) is 121 cm³/mol. The highest BCUT2D eigenvalue weighted by molar-refractivity contribution is 5.73. The molecule has 11 heteroatoms. The molecule has 0 aliphatic heterocycles. The van der Waals surface area contributed by atoms with E-state index in [0.29, 0.717) is 22.9 Å². The van der Waals surface area contributed by atoms with E-state index >= 15 is 0 Å². The highest BCUT2D eigenvalue weighted by atomic mass is 19.4. The van der Waals surface area contributed by atoms with Gasteiger partial charge in [0.05, 0.1) is 25.6 Å². The van der Waals surface area contributed by atoms with Gasteiger partial charge in [0.15, 0.2) is 0 Å². The molecule has 3 N–H and O–H groups in total. The molecular formula is C22H29F3N6O2. The van der Waals surface area contributed by atoms with Gasteiger partial charge < -0.3 is 20.1 Å². The standard InChI is InChI=1S/C22H29F3N6O2/c1-5-6-15(11-27-26)18-8-7-16(9-19(18)32-4)29-21-30-17(12-33-13-22(23,24)25)10-20(31-21)28-14(2)3/h7-11,14,26H,5-6,12-13H2,1-4H3,(H2,28,29,30,31). The van der Waals surface area contributed by atoms with Crippen LogP contribution in [0.15, 0.2) is 35.6 Å². The lowest BCUT2D eigenvalue weighted by Crippen LogP contribution is -2.17. The summed E-state index contributed by atoms with van der Waals surface area (Å²) in [5.74, 6) is 1.24. The summed E-state index contributed by atoms with van der Waals surface area (Å²) in [4.78, 5) is 8.68. The van der Waals surface area contributed by atoms with Crippen LogP contribution in [-0.2, 0) is 11.3 Å². The quantitative estimate of drug-likeness (QED) is 0.317. The molecule has 8 nitrogen and oxygen atoms in total. The van der Waals surface area contributed by atoms with E-state index < -0.39 is 12.8 Å². The normalized spacial score (nSPS) is 12.1. The van der Waals surface area contributed by atoms with Crippen LogP contribution < -0.4 is 15.4 Å². The van der Waals surface area contributed by atoms with Crippen molar-refractivity contribution in [2.45, 2.75) is 52.4 Å². The van der Waals surface area contributed by atoms with Gasteiger partial charge in [-0.2, -0.15) is 23.3 Å². The first-order chi connectivity index (χ1) is 15.6. The molecule has 0 aliphatic carbocycles. The SMILES string of the molecule is CCCC(=CN=N)c1ccc(Nc2nc(COCC(F)(F)F)cc(NC(C)C)n2)cc1OC. The summed E-state index contributed by atoms with van der Waals surface area (Å²) in [5.41, 5.74) is 9.77. The van der Waals surface area contributed by atoms with Gasteiger partial charge in [-0.1, -0.05) is 13.3 Å². The fraction of sp³-hybridized carbons (Fsp3) is 0.455. The van der Waals surface area contributed by atoms with Crippen molar-refractivity contribution >= 4 is 23.0 Å². The molecule has 0 fully saturated rings. The zero-order valence-electron chi connectivity index (χ0n) is 19.1. The molecular weight excluding hydrogens is 437 g/mol. The van der Waals surface area contributed by atoms with Crippen LogP contribution in [0.2, 0.25) is 0 Å². The Labute approximate surface area is 191 Å². The molecule has 0 saturated heterocycles. The van der Waals surface area contributed by atoms with E-state index in [1.807, 2.05) is 26.8 Å². The molecule has 1 heterocycles. The minimum absolute atomic E-state index is 0.0577. The van der Waals surface area contributed by atoms with E-state index in [2.05, 4.69) is 25.7 Å². The number of anilines is 3. The first-order valence-corrected chi connectivity index (χ1v) is 10.4. The molecule has 0 bridgehead atoms. The van der Waals surface area contributed by atoms with Gasteiger partial charge in [-0.25, -0.2) is 10.5 Å². The number of methoxy groups -OCH3 is 1. The first kappa shape index (κ1) is 26.0. The van der Waals surface area contributed by atoms with Crippen LogP contribution in [0, 0.1) is 5.53 Å². The third-order valence-electron chi connectivity index (χ3n) is 4.27. The molecule has 0 amide bonds. The van der Waals surface area contributed by atoms with Gasteiger partial charge in [0, 0.05) is 29.4 Å². The van der Waals surface area contributed by atoms with E-state index in [4.69, 9.17) is 15.0 Å². The number of rotatable bonds is 12. The van der Waals surface area contributed by atoms with Gasteiger partial charge in [-0.15, -0.1) is 0 Å². The van der Waals surface area contributed by atoms with E-state index in [1.165, 1.54) is 6.20 Å². The number of halogens is 3. The fourth-order valence-electron chi connectivity index (χ4n) is 3.05. The maximum Gasteiger partial charge on any atom is 0.411 e. The van der Waals surface area contributed by atoms with E-state index in [0.717, 1.165) is 24.0 Å². The Kier molecular flexibility index (Phi) is 9.58. The van der Waals surface area contributed by atoms with Crippen LogP contribution in [0.3, 0.4) is 0 Å². The van der Waals surface area contributed by atoms with Crippen molar-refractivity contribution in [3.8, 4) is 5.75 Å². The van der Waals surface area contributed by atoms with Gasteiger partial charge in [0.2, 0.25) is 5.95 Å². The van der Waals surface area contributed by atoms with Crippen molar-refractivity contribution in [3.63, 3.8) is 0 Å². The Morgan fingerprint density at radius 1 is 1.24 bits per heavy atom. The van der Waals surface area contributed by atoms with Crippen LogP contribution in [0.5, 0.6) is 5.75 Å². The zero-order valence-corrected chi connectivity index (χ0v) is 19.1. The van der Waals surface area contributed by atoms with Crippen molar-refractivity contribution in [2.24, 2.45) is 5.11 Å². The lowest BCUT2D eigenvalue weighted by atomic mass is 10.0. The summed E-state index contributed by atoms with van der Waals surface area (Å²) >= 11 is 0. The van der Waals surface area contributed by atoms with Crippen LogP contribution in [0.4, 0.5) is 30.6 Å². The highest BCUT2D eigenvalue weighted by Crippen LogP contribution is 2.32. The number of hydrogen-bond acceptors (Lipinski definition) is 8. The van der Waals surface area contributed by atoms with Crippen molar-refractivity contribution in [1.29, 1.82) is 5.53 Å².